The Hall–Kier alpha value is -3.78. The van der Waals surface area contributed by atoms with Gasteiger partial charge in [0.1, 0.15) is 0 Å². The maximum Gasteiger partial charge on any atom is 0.338 e. The molecule has 1 saturated carbocycles. The van der Waals surface area contributed by atoms with E-state index in [-0.39, 0.29) is 35.1 Å². The first-order valence-corrected chi connectivity index (χ1v) is 13.8. The second-order valence-corrected chi connectivity index (χ2v) is 11.0. The van der Waals surface area contributed by atoms with Gasteiger partial charge < -0.3 is 10.1 Å². The van der Waals surface area contributed by atoms with Crippen LogP contribution < -0.4 is 10.2 Å². The van der Waals surface area contributed by atoms with Gasteiger partial charge in [0.2, 0.25) is 11.8 Å². The van der Waals surface area contributed by atoms with Crippen LogP contribution in [0.5, 0.6) is 0 Å². The van der Waals surface area contributed by atoms with Gasteiger partial charge >= 0.3 is 5.97 Å². The summed E-state index contributed by atoms with van der Waals surface area (Å²) in [5.41, 5.74) is 4.44. The van der Waals surface area contributed by atoms with Crippen LogP contribution in [0.3, 0.4) is 0 Å². The fourth-order valence-electron chi connectivity index (χ4n) is 5.53. The molecule has 0 spiro atoms. The van der Waals surface area contributed by atoms with E-state index in [2.05, 4.69) is 33.4 Å². The summed E-state index contributed by atoms with van der Waals surface area (Å²) in [5, 5.41) is 2.76. The van der Waals surface area contributed by atoms with Gasteiger partial charge in [-0.25, -0.2) is 4.79 Å². The molecule has 200 valence electrons. The van der Waals surface area contributed by atoms with Crippen LogP contribution in [0.15, 0.2) is 71.2 Å². The van der Waals surface area contributed by atoms with Crippen LogP contribution in [-0.4, -0.2) is 30.3 Å². The Morgan fingerprint density at radius 3 is 2.31 bits per heavy atom. The number of benzene rings is 3. The first-order chi connectivity index (χ1) is 18.7. The number of carbonyl (C=O) groups excluding carboxylic acids is 4. The molecular weight excluding hydrogens is 560 g/mol. The molecule has 3 aromatic carbocycles. The smallest absolute Gasteiger partial charge is 0.338 e. The summed E-state index contributed by atoms with van der Waals surface area (Å²) in [6, 6.07) is 19.9. The molecule has 1 aliphatic carbocycles. The van der Waals surface area contributed by atoms with Crippen molar-refractivity contribution in [2.24, 2.45) is 11.8 Å². The van der Waals surface area contributed by atoms with E-state index in [0.29, 0.717) is 24.2 Å². The van der Waals surface area contributed by atoms with Crippen LogP contribution in [0.1, 0.15) is 52.2 Å². The summed E-state index contributed by atoms with van der Waals surface area (Å²) in [7, 11) is 0. The molecule has 1 N–H and O–H groups in total. The maximum absolute atomic E-state index is 13.3. The third-order valence-electron chi connectivity index (χ3n) is 7.89. The molecular formula is C31H29BrN2O5. The molecule has 1 aliphatic heterocycles. The number of anilines is 2. The zero-order valence-electron chi connectivity index (χ0n) is 21.8. The van der Waals surface area contributed by atoms with Gasteiger partial charge in [0, 0.05) is 10.2 Å². The Labute approximate surface area is 235 Å². The van der Waals surface area contributed by atoms with Gasteiger partial charge in [-0.15, -0.1) is 0 Å². The van der Waals surface area contributed by atoms with E-state index in [1.807, 2.05) is 38.1 Å². The molecule has 0 unspecified atom stereocenters. The summed E-state index contributed by atoms with van der Waals surface area (Å²) in [4.78, 5) is 52.6. The lowest BCUT2D eigenvalue weighted by atomic mass is 9.73. The van der Waals surface area contributed by atoms with Crippen molar-refractivity contribution < 1.29 is 23.9 Å². The van der Waals surface area contributed by atoms with E-state index < -0.39 is 18.5 Å². The first kappa shape index (κ1) is 26.8. The number of imide groups is 1. The average Bonchev–Trinajstić information content (AvgIpc) is 3.21. The highest BCUT2D eigenvalue weighted by Crippen LogP contribution is 2.45. The minimum atomic E-state index is -0.668. The third kappa shape index (κ3) is 5.39. The molecule has 2 aliphatic rings. The number of hydrogen-bond acceptors (Lipinski definition) is 5. The van der Waals surface area contributed by atoms with Gasteiger partial charge in [-0.2, -0.15) is 0 Å². The van der Waals surface area contributed by atoms with Crippen molar-refractivity contribution in [3.05, 3.63) is 93.5 Å². The number of ether oxygens (including phenoxy) is 1. The van der Waals surface area contributed by atoms with Crippen molar-refractivity contribution in [3.63, 3.8) is 0 Å². The molecule has 3 aromatic rings. The summed E-state index contributed by atoms with van der Waals surface area (Å²) in [5.74, 6) is -1.86. The molecule has 5 rings (SSSR count). The van der Waals surface area contributed by atoms with Crippen molar-refractivity contribution >= 4 is 51.0 Å². The molecule has 1 heterocycles. The number of halogens is 1. The molecule has 1 saturated heterocycles. The monoisotopic (exact) mass is 588 g/mol. The molecule has 0 radical (unpaired) electrons. The van der Waals surface area contributed by atoms with Crippen LogP contribution in [0.2, 0.25) is 0 Å². The second kappa shape index (κ2) is 11.1. The van der Waals surface area contributed by atoms with Crippen molar-refractivity contribution in [1.82, 2.24) is 0 Å². The van der Waals surface area contributed by atoms with E-state index in [1.165, 1.54) is 22.6 Å². The molecule has 0 bridgehead atoms. The number of esters is 1. The topological polar surface area (TPSA) is 92.8 Å². The largest absolute Gasteiger partial charge is 0.452 e. The lowest BCUT2D eigenvalue weighted by Crippen LogP contribution is -2.30. The van der Waals surface area contributed by atoms with Gasteiger partial charge in [-0.05, 0) is 92.1 Å². The van der Waals surface area contributed by atoms with Crippen LogP contribution in [0.4, 0.5) is 11.4 Å². The fourth-order valence-corrected chi connectivity index (χ4v) is 5.96. The van der Waals surface area contributed by atoms with Crippen LogP contribution >= 0.6 is 15.9 Å². The van der Waals surface area contributed by atoms with Gasteiger partial charge in [0.05, 0.1) is 23.1 Å². The van der Waals surface area contributed by atoms with Crippen LogP contribution in [0.25, 0.3) is 0 Å². The zero-order valence-corrected chi connectivity index (χ0v) is 23.4. The normalized spacial score (nSPS) is 20.5. The molecule has 0 aromatic heterocycles. The van der Waals surface area contributed by atoms with E-state index in [0.717, 1.165) is 22.0 Å². The van der Waals surface area contributed by atoms with Gasteiger partial charge in [-0.3, -0.25) is 19.3 Å². The van der Waals surface area contributed by atoms with Gasteiger partial charge in [-0.1, -0.05) is 46.3 Å². The predicted octanol–water partition coefficient (Wildman–Crippen LogP) is 5.93. The molecule has 3 atom stereocenters. The highest BCUT2D eigenvalue weighted by molar-refractivity contribution is 9.10. The lowest BCUT2D eigenvalue weighted by Gasteiger charge is -2.28. The number of rotatable bonds is 6. The first-order valence-electron chi connectivity index (χ1n) is 13.0. The van der Waals surface area contributed by atoms with Crippen LogP contribution in [0, 0.1) is 25.7 Å². The number of carbonyl (C=O) groups is 4. The number of hydrogen-bond donors (Lipinski definition) is 1. The van der Waals surface area contributed by atoms with Crippen molar-refractivity contribution in [1.29, 1.82) is 0 Å². The molecule has 8 heteroatoms. The Morgan fingerprint density at radius 1 is 0.897 bits per heavy atom. The SMILES string of the molecule is Cc1c(Br)ccc(NC(=O)COC(=O)c2ccc(N3C(=O)[C@H]4C[C@@H](c5ccccc5)CC[C@H]4C3=O)cc2)c1C. The molecule has 39 heavy (non-hydrogen) atoms. The number of nitrogens with one attached hydrogen (secondary N) is 1. The predicted molar refractivity (Wildman–Crippen MR) is 151 cm³/mol. The minimum Gasteiger partial charge on any atom is -0.452 e. The Bertz CT molecular complexity index is 1440. The zero-order chi connectivity index (χ0) is 27.7. The Balaban J connectivity index is 1.20. The standard InChI is InChI=1S/C31H29BrN2O5/c1-18-19(2)27(15-14-26(18)32)33-28(35)17-39-31(38)21-8-11-23(12-9-21)34-29(36)24-13-10-22(16-25(24)30(34)37)20-6-4-3-5-7-20/h3-9,11-12,14-15,22,24-25H,10,13,16-17H2,1-2H3,(H,33,35)/t22-,24+,25-/m0/s1. The second-order valence-electron chi connectivity index (χ2n) is 10.2. The highest BCUT2D eigenvalue weighted by Gasteiger charge is 2.50. The quantitative estimate of drug-likeness (QED) is 0.284. The summed E-state index contributed by atoms with van der Waals surface area (Å²) in [6.45, 7) is 3.40. The molecule has 2 fully saturated rings. The Kier molecular flexibility index (Phi) is 7.66. The minimum absolute atomic E-state index is 0.179. The van der Waals surface area contributed by atoms with Crippen molar-refractivity contribution in [2.75, 3.05) is 16.8 Å². The number of fused-ring (bicyclic) bond motifs is 1. The summed E-state index contributed by atoms with van der Waals surface area (Å²) >= 11 is 3.46. The van der Waals surface area contributed by atoms with Crippen LogP contribution in [-0.2, 0) is 19.1 Å². The Morgan fingerprint density at radius 2 is 1.59 bits per heavy atom. The molecule has 7 nitrogen and oxygen atoms in total. The van der Waals surface area contributed by atoms with Crippen molar-refractivity contribution in [3.8, 4) is 0 Å². The van der Waals surface area contributed by atoms with E-state index in [9.17, 15) is 19.2 Å². The van der Waals surface area contributed by atoms with Gasteiger partial charge in [0.15, 0.2) is 6.61 Å². The lowest BCUT2D eigenvalue weighted by molar-refractivity contribution is -0.122. The summed E-state index contributed by atoms with van der Waals surface area (Å²) < 4.78 is 6.13. The van der Waals surface area contributed by atoms with Gasteiger partial charge in [0.25, 0.3) is 5.91 Å². The highest BCUT2D eigenvalue weighted by atomic mass is 79.9. The van der Waals surface area contributed by atoms with E-state index in [4.69, 9.17) is 4.74 Å². The fraction of sp³-hybridized carbons (Fsp3) is 0.290. The third-order valence-corrected chi connectivity index (χ3v) is 8.75. The average molecular weight is 589 g/mol. The number of nitrogens with zero attached hydrogens (tertiary/aromatic N) is 1. The van der Waals surface area contributed by atoms with Crippen molar-refractivity contribution in [2.45, 2.75) is 39.0 Å². The maximum atomic E-state index is 13.3. The summed E-state index contributed by atoms with van der Waals surface area (Å²) in [6.07, 6.45) is 2.20. The van der Waals surface area contributed by atoms with E-state index in [1.54, 1.807) is 18.2 Å². The molecule has 3 amide bonds. The van der Waals surface area contributed by atoms with E-state index >= 15 is 0 Å². The number of amides is 3.